The van der Waals surface area contributed by atoms with Crippen LogP contribution in [0.5, 0.6) is 5.75 Å². The first kappa shape index (κ1) is 10.3. The maximum Gasteiger partial charge on any atom is 0.123 e. The van der Waals surface area contributed by atoms with Crippen LogP contribution in [0.3, 0.4) is 0 Å². The van der Waals surface area contributed by atoms with Gasteiger partial charge in [0.05, 0.1) is 7.11 Å². The average molecular weight is 206 g/mol. The summed E-state index contributed by atoms with van der Waals surface area (Å²) in [5.41, 5.74) is 8.27. The molecule has 82 valence electrons. The van der Waals surface area contributed by atoms with E-state index in [0.717, 1.165) is 25.3 Å². The summed E-state index contributed by atoms with van der Waals surface area (Å²) in [7, 11) is 1.71. The Kier molecular flexibility index (Phi) is 2.82. The molecule has 0 aromatic heterocycles. The quantitative estimate of drug-likeness (QED) is 0.797. The van der Waals surface area contributed by atoms with Gasteiger partial charge in [-0.1, -0.05) is 6.07 Å². The molecular weight excluding hydrogens is 188 g/mol. The second-order valence-electron chi connectivity index (χ2n) is 4.15. The average Bonchev–Trinajstić information content (AvgIpc) is 2.66. The van der Waals surface area contributed by atoms with Crippen LogP contribution in [-0.2, 0) is 0 Å². The largest absolute Gasteiger partial charge is 0.496 e. The van der Waals surface area contributed by atoms with E-state index in [0.29, 0.717) is 6.04 Å². The van der Waals surface area contributed by atoms with Crippen molar-refractivity contribution in [1.82, 2.24) is 0 Å². The van der Waals surface area contributed by atoms with Crippen molar-refractivity contribution in [2.75, 3.05) is 25.1 Å². The van der Waals surface area contributed by atoms with Crippen LogP contribution in [0.25, 0.3) is 0 Å². The first-order valence-corrected chi connectivity index (χ1v) is 5.36. The third kappa shape index (κ3) is 2.07. The standard InChI is InChI=1S/C12H18N2O/c1-9-3-4-11(7-12(9)15-2)14-6-5-10(13)8-14/h3-4,7,10H,5-6,8,13H2,1-2H3. The molecule has 0 amide bonds. The molecule has 0 spiro atoms. The van der Waals surface area contributed by atoms with Gasteiger partial charge in [0.15, 0.2) is 0 Å². The van der Waals surface area contributed by atoms with Crippen molar-refractivity contribution < 1.29 is 4.74 Å². The van der Waals surface area contributed by atoms with Crippen molar-refractivity contribution in [2.24, 2.45) is 5.73 Å². The Hall–Kier alpha value is -1.22. The lowest BCUT2D eigenvalue weighted by atomic mass is 10.2. The summed E-state index contributed by atoms with van der Waals surface area (Å²) in [6.07, 6.45) is 1.08. The van der Waals surface area contributed by atoms with Gasteiger partial charge in [-0.05, 0) is 25.0 Å². The number of ether oxygens (including phenoxy) is 1. The predicted octanol–water partition coefficient (Wildman–Crippen LogP) is 1.54. The molecule has 1 atom stereocenters. The molecule has 15 heavy (non-hydrogen) atoms. The van der Waals surface area contributed by atoms with Crippen LogP contribution in [0.2, 0.25) is 0 Å². The fraction of sp³-hybridized carbons (Fsp3) is 0.500. The van der Waals surface area contributed by atoms with Gasteiger partial charge in [-0.2, -0.15) is 0 Å². The highest BCUT2D eigenvalue weighted by molar-refractivity contribution is 5.54. The molecule has 3 nitrogen and oxygen atoms in total. The highest BCUT2D eigenvalue weighted by Crippen LogP contribution is 2.26. The van der Waals surface area contributed by atoms with E-state index in [9.17, 15) is 0 Å². The molecular formula is C12H18N2O. The van der Waals surface area contributed by atoms with Crippen molar-refractivity contribution in [3.8, 4) is 5.75 Å². The van der Waals surface area contributed by atoms with Crippen LogP contribution in [0.15, 0.2) is 18.2 Å². The smallest absolute Gasteiger partial charge is 0.123 e. The van der Waals surface area contributed by atoms with E-state index in [1.54, 1.807) is 7.11 Å². The Morgan fingerprint density at radius 1 is 1.47 bits per heavy atom. The van der Waals surface area contributed by atoms with Gasteiger partial charge < -0.3 is 15.4 Å². The van der Waals surface area contributed by atoms with Crippen LogP contribution in [-0.4, -0.2) is 26.2 Å². The van der Waals surface area contributed by atoms with Gasteiger partial charge in [-0.25, -0.2) is 0 Å². The number of nitrogens with two attached hydrogens (primary N) is 1. The van der Waals surface area contributed by atoms with E-state index < -0.39 is 0 Å². The number of hydrogen-bond donors (Lipinski definition) is 1. The molecule has 1 heterocycles. The second kappa shape index (κ2) is 4.11. The minimum Gasteiger partial charge on any atom is -0.496 e. The lowest BCUT2D eigenvalue weighted by Gasteiger charge is -2.19. The Labute approximate surface area is 90.8 Å². The number of benzene rings is 1. The third-order valence-electron chi connectivity index (χ3n) is 2.98. The topological polar surface area (TPSA) is 38.5 Å². The van der Waals surface area contributed by atoms with Gasteiger partial charge in [0.25, 0.3) is 0 Å². The van der Waals surface area contributed by atoms with Gasteiger partial charge >= 0.3 is 0 Å². The van der Waals surface area contributed by atoms with Crippen LogP contribution in [0.4, 0.5) is 5.69 Å². The van der Waals surface area contributed by atoms with Crippen LogP contribution in [0.1, 0.15) is 12.0 Å². The number of rotatable bonds is 2. The number of methoxy groups -OCH3 is 1. The summed E-state index contributed by atoms with van der Waals surface area (Å²) >= 11 is 0. The first-order chi connectivity index (χ1) is 7.20. The number of hydrogen-bond acceptors (Lipinski definition) is 3. The van der Waals surface area contributed by atoms with E-state index >= 15 is 0 Å². The van der Waals surface area contributed by atoms with E-state index in [4.69, 9.17) is 10.5 Å². The molecule has 0 radical (unpaired) electrons. The Balaban J connectivity index is 2.21. The predicted molar refractivity (Wildman–Crippen MR) is 62.5 cm³/mol. The lowest BCUT2D eigenvalue weighted by molar-refractivity contribution is 0.411. The fourth-order valence-electron chi connectivity index (χ4n) is 2.03. The zero-order valence-corrected chi connectivity index (χ0v) is 9.36. The van der Waals surface area contributed by atoms with E-state index in [1.807, 2.05) is 0 Å². The summed E-state index contributed by atoms with van der Waals surface area (Å²) in [5, 5.41) is 0. The molecule has 1 aliphatic heterocycles. The molecule has 1 aliphatic rings. The molecule has 1 aromatic carbocycles. The third-order valence-corrected chi connectivity index (χ3v) is 2.98. The normalized spacial score (nSPS) is 20.7. The summed E-state index contributed by atoms with van der Waals surface area (Å²) in [4.78, 5) is 2.31. The first-order valence-electron chi connectivity index (χ1n) is 5.36. The summed E-state index contributed by atoms with van der Waals surface area (Å²) < 4.78 is 5.31. The fourth-order valence-corrected chi connectivity index (χ4v) is 2.03. The maximum atomic E-state index is 5.89. The molecule has 2 rings (SSSR count). The molecule has 1 fully saturated rings. The minimum atomic E-state index is 0.317. The molecule has 2 N–H and O–H groups in total. The molecule has 1 aromatic rings. The summed E-state index contributed by atoms with van der Waals surface area (Å²) in [5.74, 6) is 0.952. The zero-order chi connectivity index (χ0) is 10.8. The van der Waals surface area contributed by atoms with Gasteiger partial charge in [-0.15, -0.1) is 0 Å². The lowest BCUT2D eigenvalue weighted by Crippen LogP contribution is -2.26. The second-order valence-corrected chi connectivity index (χ2v) is 4.15. The van der Waals surface area contributed by atoms with Gasteiger partial charge in [0.2, 0.25) is 0 Å². The van der Waals surface area contributed by atoms with E-state index in [2.05, 4.69) is 30.0 Å². The molecule has 0 bridgehead atoms. The highest BCUT2D eigenvalue weighted by Gasteiger charge is 2.19. The molecule has 1 saturated heterocycles. The van der Waals surface area contributed by atoms with Crippen LogP contribution >= 0.6 is 0 Å². The van der Waals surface area contributed by atoms with Crippen LogP contribution < -0.4 is 15.4 Å². The Bertz CT molecular complexity index is 351. The Morgan fingerprint density at radius 2 is 2.27 bits per heavy atom. The van der Waals surface area contributed by atoms with Crippen molar-refractivity contribution in [3.63, 3.8) is 0 Å². The molecule has 1 unspecified atom stereocenters. The molecule has 3 heteroatoms. The Morgan fingerprint density at radius 3 is 2.87 bits per heavy atom. The van der Waals surface area contributed by atoms with Gasteiger partial charge in [0, 0.05) is 30.9 Å². The summed E-state index contributed by atoms with van der Waals surface area (Å²) in [6.45, 7) is 4.05. The highest BCUT2D eigenvalue weighted by atomic mass is 16.5. The summed E-state index contributed by atoms with van der Waals surface area (Å²) in [6, 6.07) is 6.64. The van der Waals surface area contributed by atoms with Crippen molar-refractivity contribution in [1.29, 1.82) is 0 Å². The minimum absolute atomic E-state index is 0.317. The van der Waals surface area contributed by atoms with E-state index in [1.165, 1.54) is 11.3 Å². The van der Waals surface area contributed by atoms with Gasteiger partial charge in [-0.3, -0.25) is 0 Å². The van der Waals surface area contributed by atoms with Gasteiger partial charge in [0.1, 0.15) is 5.75 Å². The number of anilines is 1. The molecule has 0 saturated carbocycles. The van der Waals surface area contributed by atoms with E-state index in [-0.39, 0.29) is 0 Å². The molecule has 0 aliphatic carbocycles. The van der Waals surface area contributed by atoms with Crippen molar-refractivity contribution >= 4 is 5.69 Å². The SMILES string of the molecule is COc1cc(N2CCC(N)C2)ccc1C. The van der Waals surface area contributed by atoms with Crippen molar-refractivity contribution in [3.05, 3.63) is 23.8 Å². The maximum absolute atomic E-state index is 5.89. The number of aryl methyl sites for hydroxylation is 1. The van der Waals surface area contributed by atoms with Crippen molar-refractivity contribution in [2.45, 2.75) is 19.4 Å². The zero-order valence-electron chi connectivity index (χ0n) is 9.36. The number of nitrogens with zero attached hydrogens (tertiary/aromatic N) is 1. The monoisotopic (exact) mass is 206 g/mol. The van der Waals surface area contributed by atoms with Crippen LogP contribution in [0, 0.1) is 6.92 Å².